The minimum atomic E-state index is -0.152. The van der Waals surface area contributed by atoms with Crippen LogP contribution in [0, 0.1) is 0 Å². The lowest BCUT2D eigenvalue weighted by atomic mass is 10.1. The minimum Gasteiger partial charge on any atom is -0.497 e. The Balaban J connectivity index is 1.48. The molecule has 3 aromatic carbocycles. The highest BCUT2D eigenvalue weighted by atomic mass is 32.2. The number of carbonyl (C=O) groups is 1. The van der Waals surface area contributed by atoms with Crippen molar-refractivity contribution < 1.29 is 19.0 Å². The van der Waals surface area contributed by atoms with Crippen molar-refractivity contribution in [3.8, 4) is 5.75 Å². The van der Waals surface area contributed by atoms with Gasteiger partial charge in [0.25, 0.3) is 0 Å². The van der Waals surface area contributed by atoms with E-state index in [2.05, 4.69) is 12.1 Å². The summed E-state index contributed by atoms with van der Waals surface area (Å²) in [6.07, 6.45) is 1.82. The molecule has 0 spiro atoms. The number of carbonyl (C=O) groups excluding carboxylic acids is 1. The summed E-state index contributed by atoms with van der Waals surface area (Å²) in [6.45, 7) is 1.70. The van der Waals surface area contributed by atoms with E-state index in [0.29, 0.717) is 26.2 Å². The monoisotopic (exact) mass is 450 g/mol. The number of ether oxygens (including phenoxy) is 3. The van der Waals surface area contributed by atoms with Crippen LogP contribution < -0.4 is 4.74 Å². The van der Waals surface area contributed by atoms with E-state index in [1.807, 2.05) is 72.8 Å². The van der Waals surface area contributed by atoms with Gasteiger partial charge in [0.15, 0.2) is 5.12 Å². The van der Waals surface area contributed by atoms with E-state index in [9.17, 15) is 4.79 Å². The molecule has 0 fully saturated rings. The van der Waals surface area contributed by atoms with Crippen LogP contribution in [0.25, 0.3) is 0 Å². The Bertz CT molecular complexity index is 913. The molecule has 0 N–H and O–H groups in total. The number of hydrogen-bond acceptors (Lipinski definition) is 5. The van der Waals surface area contributed by atoms with E-state index in [-0.39, 0.29) is 11.2 Å². The van der Waals surface area contributed by atoms with Gasteiger partial charge in [0.1, 0.15) is 5.75 Å². The van der Waals surface area contributed by atoms with Gasteiger partial charge in [-0.15, -0.1) is 0 Å². The van der Waals surface area contributed by atoms with Gasteiger partial charge in [0, 0.05) is 17.9 Å². The summed E-state index contributed by atoms with van der Waals surface area (Å²) >= 11 is 1.27. The molecule has 0 saturated heterocycles. The predicted molar refractivity (Wildman–Crippen MR) is 129 cm³/mol. The van der Waals surface area contributed by atoms with Gasteiger partial charge < -0.3 is 14.2 Å². The average molecular weight is 451 g/mol. The molecule has 4 nitrogen and oxygen atoms in total. The van der Waals surface area contributed by atoms with Crippen molar-refractivity contribution in [1.82, 2.24) is 0 Å². The zero-order valence-electron chi connectivity index (χ0n) is 18.4. The fourth-order valence-electron chi connectivity index (χ4n) is 3.21. The highest BCUT2D eigenvalue weighted by Crippen LogP contribution is 2.23. The third kappa shape index (κ3) is 8.87. The molecule has 0 aromatic heterocycles. The first-order valence-electron chi connectivity index (χ1n) is 10.8. The van der Waals surface area contributed by atoms with E-state index >= 15 is 0 Å². The summed E-state index contributed by atoms with van der Waals surface area (Å²) in [7, 11) is 1.65. The molecule has 0 saturated carbocycles. The van der Waals surface area contributed by atoms with Crippen LogP contribution in [0.1, 0.15) is 30.4 Å². The molecule has 168 valence electrons. The Morgan fingerprint density at radius 1 is 0.844 bits per heavy atom. The summed E-state index contributed by atoms with van der Waals surface area (Å²) < 4.78 is 17.2. The zero-order valence-corrected chi connectivity index (χ0v) is 19.3. The van der Waals surface area contributed by atoms with E-state index in [1.165, 1.54) is 11.8 Å². The Hall–Kier alpha value is -2.60. The van der Waals surface area contributed by atoms with Crippen LogP contribution >= 0.6 is 11.8 Å². The number of benzene rings is 3. The lowest BCUT2D eigenvalue weighted by Gasteiger charge is -2.18. The molecule has 0 heterocycles. The lowest BCUT2D eigenvalue weighted by molar-refractivity contribution is -0.114. The Morgan fingerprint density at radius 3 is 2.19 bits per heavy atom. The third-order valence-electron chi connectivity index (χ3n) is 4.94. The minimum absolute atomic E-state index is 0.112. The van der Waals surface area contributed by atoms with Gasteiger partial charge in [0.2, 0.25) is 0 Å². The number of methoxy groups -OCH3 is 1. The van der Waals surface area contributed by atoms with Crippen molar-refractivity contribution in [1.29, 1.82) is 0 Å². The Morgan fingerprint density at radius 2 is 1.50 bits per heavy atom. The first kappa shape index (κ1) is 24.1. The van der Waals surface area contributed by atoms with Gasteiger partial charge in [-0.1, -0.05) is 72.4 Å². The largest absolute Gasteiger partial charge is 0.497 e. The second kappa shape index (κ2) is 13.7. The number of rotatable bonds is 13. The van der Waals surface area contributed by atoms with Gasteiger partial charge in [-0.05, 0) is 48.2 Å². The molecule has 0 aliphatic heterocycles. The van der Waals surface area contributed by atoms with Crippen molar-refractivity contribution in [3.63, 3.8) is 0 Å². The molecular weight excluding hydrogens is 420 g/mol. The summed E-state index contributed by atoms with van der Waals surface area (Å²) in [5, 5.41) is 0.112. The normalized spacial score (nSPS) is 11.8. The van der Waals surface area contributed by atoms with E-state index in [1.54, 1.807) is 7.11 Å². The topological polar surface area (TPSA) is 44.8 Å². The van der Waals surface area contributed by atoms with E-state index in [4.69, 9.17) is 14.2 Å². The number of hydrogen-bond donors (Lipinski definition) is 0. The second-order valence-corrected chi connectivity index (χ2v) is 8.58. The van der Waals surface area contributed by atoms with Crippen molar-refractivity contribution in [2.75, 3.05) is 13.7 Å². The third-order valence-corrected chi connectivity index (χ3v) is 5.84. The molecule has 32 heavy (non-hydrogen) atoms. The van der Waals surface area contributed by atoms with Crippen LogP contribution in [-0.4, -0.2) is 24.9 Å². The maximum Gasteiger partial charge on any atom is 0.196 e. The molecule has 3 rings (SSSR count). The molecule has 3 aromatic rings. The second-order valence-electron chi connectivity index (χ2n) is 7.45. The van der Waals surface area contributed by atoms with E-state index in [0.717, 1.165) is 34.6 Å². The molecule has 0 bridgehead atoms. The summed E-state index contributed by atoms with van der Waals surface area (Å²) in [5.74, 6) is 0.815. The maximum absolute atomic E-state index is 12.6. The molecule has 0 aliphatic carbocycles. The Labute approximate surface area is 194 Å². The SMILES string of the molecule is COc1ccc(CO[C@@H](CCCOCc2ccccc2)CC(=O)Sc2ccccc2)cc1. The quantitative estimate of drug-likeness (QED) is 0.226. The van der Waals surface area contributed by atoms with Gasteiger partial charge in [-0.2, -0.15) is 0 Å². The van der Waals surface area contributed by atoms with Gasteiger partial charge in [-0.3, -0.25) is 4.79 Å². The fourth-order valence-corrected chi connectivity index (χ4v) is 4.03. The van der Waals surface area contributed by atoms with Crippen molar-refractivity contribution in [2.45, 2.75) is 43.5 Å². The molecule has 0 unspecified atom stereocenters. The summed E-state index contributed by atoms with van der Waals surface area (Å²) in [6, 6.07) is 27.7. The van der Waals surface area contributed by atoms with Crippen molar-refractivity contribution in [2.24, 2.45) is 0 Å². The molecule has 0 amide bonds. The zero-order chi connectivity index (χ0) is 22.4. The average Bonchev–Trinajstić information content (AvgIpc) is 2.83. The van der Waals surface area contributed by atoms with Gasteiger partial charge in [0.05, 0.1) is 26.4 Å². The fraction of sp³-hybridized carbons (Fsp3) is 0.296. The first-order valence-corrected chi connectivity index (χ1v) is 11.7. The van der Waals surface area contributed by atoms with Gasteiger partial charge >= 0.3 is 0 Å². The molecular formula is C27H30O4S. The lowest BCUT2D eigenvalue weighted by Crippen LogP contribution is -2.17. The first-order chi connectivity index (χ1) is 15.7. The van der Waals surface area contributed by atoms with Crippen LogP contribution in [0.15, 0.2) is 89.8 Å². The predicted octanol–water partition coefficient (Wildman–Crippen LogP) is 6.29. The Kier molecular flexibility index (Phi) is 10.3. The summed E-state index contributed by atoms with van der Waals surface area (Å²) in [5.41, 5.74) is 2.22. The number of thioether (sulfide) groups is 1. The standard InChI is InChI=1S/C27H30O4S/c1-29-24-16-14-23(15-17-24)21-31-25(19-27(28)32-26-12-6-3-7-13-26)11-8-18-30-20-22-9-4-2-5-10-22/h2-7,9-10,12-17,25H,8,11,18-21H2,1H3/t25-/m0/s1. The van der Waals surface area contributed by atoms with Crippen LogP contribution in [0.5, 0.6) is 5.75 Å². The molecule has 1 atom stereocenters. The highest BCUT2D eigenvalue weighted by molar-refractivity contribution is 8.13. The van der Waals surface area contributed by atoms with Crippen LogP contribution in [0.2, 0.25) is 0 Å². The maximum atomic E-state index is 12.6. The van der Waals surface area contributed by atoms with Crippen molar-refractivity contribution in [3.05, 3.63) is 96.1 Å². The molecule has 0 radical (unpaired) electrons. The molecule has 0 aliphatic rings. The van der Waals surface area contributed by atoms with E-state index < -0.39 is 0 Å². The van der Waals surface area contributed by atoms with Crippen LogP contribution in [-0.2, 0) is 27.5 Å². The van der Waals surface area contributed by atoms with Gasteiger partial charge in [-0.25, -0.2) is 0 Å². The molecule has 5 heteroatoms. The highest BCUT2D eigenvalue weighted by Gasteiger charge is 2.16. The smallest absolute Gasteiger partial charge is 0.196 e. The summed E-state index contributed by atoms with van der Waals surface area (Å²) in [4.78, 5) is 13.6. The van der Waals surface area contributed by atoms with Crippen molar-refractivity contribution >= 4 is 16.9 Å². The van der Waals surface area contributed by atoms with Crippen LogP contribution in [0.4, 0.5) is 0 Å². The van der Waals surface area contributed by atoms with Crippen LogP contribution in [0.3, 0.4) is 0 Å².